The van der Waals surface area contributed by atoms with Crippen LogP contribution in [-0.4, -0.2) is 5.78 Å². The lowest BCUT2D eigenvalue weighted by atomic mass is 9.95. The number of carbonyl (C=O) groups excluding carboxylic acids is 1. The van der Waals surface area contributed by atoms with Crippen molar-refractivity contribution in [1.29, 1.82) is 5.26 Å². The van der Waals surface area contributed by atoms with Gasteiger partial charge >= 0.3 is 0 Å². The van der Waals surface area contributed by atoms with Crippen molar-refractivity contribution >= 4 is 37.6 Å². The van der Waals surface area contributed by atoms with Gasteiger partial charge in [-0.25, -0.2) is 0 Å². The Kier molecular flexibility index (Phi) is 5.17. The fourth-order valence-electron chi connectivity index (χ4n) is 1.42. The van der Waals surface area contributed by atoms with Crippen LogP contribution in [-0.2, 0) is 0 Å². The minimum absolute atomic E-state index is 0.113. The van der Waals surface area contributed by atoms with Crippen molar-refractivity contribution in [3.8, 4) is 6.07 Å². The Bertz CT molecular complexity index is 437. The molecule has 84 valence electrons. The summed E-state index contributed by atoms with van der Waals surface area (Å²) in [6.45, 7) is 1.97. The fourth-order valence-corrected chi connectivity index (χ4v) is 2.22. The number of hydrogen-bond donors (Lipinski definition) is 0. The average Bonchev–Trinajstić information content (AvgIpc) is 2.28. The Balaban J connectivity index is 3.04. The van der Waals surface area contributed by atoms with E-state index in [1.54, 1.807) is 12.1 Å². The number of halogens is 2. The molecule has 0 N–H and O–H groups in total. The zero-order valence-corrected chi connectivity index (χ0v) is 12.0. The number of benzene rings is 1. The zero-order valence-electron chi connectivity index (χ0n) is 8.84. The van der Waals surface area contributed by atoms with Gasteiger partial charge in [0.15, 0.2) is 5.78 Å². The van der Waals surface area contributed by atoms with Crippen molar-refractivity contribution in [3.63, 3.8) is 0 Å². The largest absolute Gasteiger partial charge is 0.293 e. The fraction of sp³-hybridized carbons (Fsp3) is 0.333. The summed E-state index contributed by atoms with van der Waals surface area (Å²) in [5.74, 6) is -0.659. The van der Waals surface area contributed by atoms with E-state index in [4.69, 9.17) is 5.26 Å². The van der Waals surface area contributed by atoms with Gasteiger partial charge in [-0.15, -0.1) is 0 Å². The molecule has 0 amide bonds. The van der Waals surface area contributed by atoms with Crippen molar-refractivity contribution in [2.45, 2.75) is 19.8 Å². The molecule has 0 heterocycles. The molecule has 4 heteroatoms. The topological polar surface area (TPSA) is 40.9 Å². The summed E-state index contributed by atoms with van der Waals surface area (Å²) in [5.41, 5.74) is 0.564. The highest BCUT2D eigenvalue weighted by Crippen LogP contribution is 2.25. The third-order valence-electron chi connectivity index (χ3n) is 2.24. The van der Waals surface area contributed by atoms with Gasteiger partial charge in [0.05, 0.1) is 6.07 Å². The van der Waals surface area contributed by atoms with Gasteiger partial charge in [0.25, 0.3) is 0 Å². The van der Waals surface area contributed by atoms with E-state index in [2.05, 4.69) is 37.9 Å². The molecule has 2 nitrogen and oxygen atoms in total. The summed E-state index contributed by atoms with van der Waals surface area (Å²) in [7, 11) is 0. The molecule has 1 atom stereocenters. The first-order valence-corrected chi connectivity index (χ1v) is 6.57. The Morgan fingerprint density at radius 2 is 2.19 bits per heavy atom. The lowest BCUT2D eigenvalue weighted by Gasteiger charge is -2.08. The van der Waals surface area contributed by atoms with Crippen LogP contribution in [0.2, 0.25) is 0 Å². The van der Waals surface area contributed by atoms with Gasteiger partial charge in [0.2, 0.25) is 0 Å². The summed E-state index contributed by atoms with van der Waals surface area (Å²) in [5, 5.41) is 8.95. The van der Waals surface area contributed by atoms with E-state index < -0.39 is 5.92 Å². The first-order valence-electron chi connectivity index (χ1n) is 4.99. The zero-order chi connectivity index (χ0) is 12.1. The molecule has 16 heavy (non-hydrogen) atoms. The highest BCUT2D eigenvalue weighted by atomic mass is 79.9. The Morgan fingerprint density at radius 1 is 1.50 bits per heavy atom. The molecule has 0 fully saturated rings. The first-order chi connectivity index (χ1) is 7.60. The van der Waals surface area contributed by atoms with Crippen LogP contribution in [0.1, 0.15) is 30.1 Å². The standard InChI is InChI=1S/C12H11Br2NO/c1-2-3-8(7-15)12(16)10-6-9(13)4-5-11(10)14/h4-6,8H,2-3H2,1H3. The summed E-state index contributed by atoms with van der Waals surface area (Å²) in [6.07, 6.45) is 1.43. The predicted octanol–water partition coefficient (Wildman–Crippen LogP) is 4.33. The second kappa shape index (κ2) is 6.17. The molecular formula is C12H11Br2NO. The number of ketones is 1. The molecule has 0 saturated carbocycles. The summed E-state index contributed by atoms with van der Waals surface area (Å²) >= 11 is 6.65. The average molecular weight is 345 g/mol. The van der Waals surface area contributed by atoms with E-state index in [0.717, 1.165) is 15.4 Å². The quantitative estimate of drug-likeness (QED) is 0.762. The summed E-state index contributed by atoms with van der Waals surface area (Å²) < 4.78 is 1.57. The lowest BCUT2D eigenvalue weighted by molar-refractivity contribution is 0.0943. The van der Waals surface area contributed by atoms with E-state index in [1.807, 2.05) is 13.0 Å². The monoisotopic (exact) mass is 343 g/mol. The minimum atomic E-state index is -0.546. The van der Waals surface area contributed by atoms with Crippen molar-refractivity contribution in [2.24, 2.45) is 5.92 Å². The van der Waals surface area contributed by atoms with Crippen LogP contribution in [0.25, 0.3) is 0 Å². The maximum atomic E-state index is 12.1. The van der Waals surface area contributed by atoms with Gasteiger partial charge < -0.3 is 0 Å². The Hall–Kier alpha value is -0.660. The van der Waals surface area contributed by atoms with Crippen LogP contribution in [0.3, 0.4) is 0 Å². The van der Waals surface area contributed by atoms with E-state index in [-0.39, 0.29) is 5.78 Å². The van der Waals surface area contributed by atoms with Gasteiger partial charge in [-0.2, -0.15) is 5.26 Å². The molecule has 0 aliphatic rings. The molecule has 0 saturated heterocycles. The van der Waals surface area contributed by atoms with Crippen LogP contribution in [0.5, 0.6) is 0 Å². The van der Waals surface area contributed by atoms with E-state index in [9.17, 15) is 4.79 Å². The number of Topliss-reactive ketones (excluding diaryl/α,β-unsaturated/α-hetero) is 1. The number of hydrogen-bond acceptors (Lipinski definition) is 2. The van der Waals surface area contributed by atoms with Crippen molar-refractivity contribution < 1.29 is 4.79 Å². The Labute approximate surface area is 112 Å². The van der Waals surface area contributed by atoms with Gasteiger partial charge in [-0.1, -0.05) is 45.2 Å². The van der Waals surface area contributed by atoms with Gasteiger partial charge in [0.1, 0.15) is 5.92 Å². The molecule has 0 aromatic heterocycles. The molecule has 1 unspecified atom stereocenters. The number of carbonyl (C=O) groups is 1. The molecule has 1 rings (SSSR count). The molecule has 0 bridgehead atoms. The molecule has 0 aliphatic carbocycles. The van der Waals surface area contributed by atoms with Crippen LogP contribution in [0.4, 0.5) is 0 Å². The second-order valence-electron chi connectivity index (χ2n) is 3.46. The maximum Gasteiger partial charge on any atom is 0.181 e. The van der Waals surface area contributed by atoms with Crippen LogP contribution in [0, 0.1) is 17.2 Å². The molecule has 0 spiro atoms. The molecular weight excluding hydrogens is 334 g/mol. The SMILES string of the molecule is CCCC(C#N)C(=O)c1cc(Br)ccc1Br. The van der Waals surface area contributed by atoms with Crippen molar-refractivity contribution in [2.75, 3.05) is 0 Å². The van der Waals surface area contributed by atoms with Crippen LogP contribution >= 0.6 is 31.9 Å². The number of nitriles is 1. The maximum absolute atomic E-state index is 12.1. The first kappa shape index (κ1) is 13.4. The second-order valence-corrected chi connectivity index (χ2v) is 5.23. The molecule has 1 aromatic rings. The summed E-state index contributed by atoms with van der Waals surface area (Å²) in [6, 6.07) is 7.46. The Morgan fingerprint density at radius 3 is 2.75 bits per heavy atom. The predicted molar refractivity (Wildman–Crippen MR) is 70.2 cm³/mol. The smallest absolute Gasteiger partial charge is 0.181 e. The van der Waals surface area contributed by atoms with Crippen LogP contribution < -0.4 is 0 Å². The number of rotatable bonds is 4. The molecule has 0 radical (unpaired) electrons. The van der Waals surface area contributed by atoms with Gasteiger partial charge in [-0.05, 0) is 24.6 Å². The normalized spacial score (nSPS) is 11.9. The molecule has 1 aromatic carbocycles. The van der Waals surface area contributed by atoms with Crippen LogP contribution in [0.15, 0.2) is 27.1 Å². The van der Waals surface area contributed by atoms with E-state index >= 15 is 0 Å². The highest BCUT2D eigenvalue weighted by molar-refractivity contribution is 9.11. The highest BCUT2D eigenvalue weighted by Gasteiger charge is 2.20. The third kappa shape index (κ3) is 3.16. The minimum Gasteiger partial charge on any atom is -0.293 e. The van der Waals surface area contributed by atoms with Crippen molar-refractivity contribution in [3.05, 3.63) is 32.7 Å². The van der Waals surface area contributed by atoms with Gasteiger partial charge in [0, 0.05) is 14.5 Å². The van der Waals surface area contributed by atoms with E-state index in [1.165, 1.54) is 0 Å². The third-order valence-corrected chi connectivity index (χ3v) is 3.43. The molecule has 0 aliphatic heterocycles. The van der Waals surface area contributed by atoms with Crippen molar-refractivity contribution in [1.82, 2.24) is 0 Å². The van der Waals surface area contributed by atoms with Gasteiger partial charge in [-0.3, -0.25) is 4.79 Å². The lowest BCUT2D eigenvalue weighted by Crippen LogP contribution is -2.13. The van der Waals surface area contributed by atoms with E-state index in [0.29, 0.717) is 12.0 Å². The summed E-state index contributed by atoms with van der Waals surface area (Å²) in [4.78, 5) is 12.1. The number of nitrogens with zero attached hydrogens (tertiary/aromatic N) is 1.